The molecule has 3 nitrogen and oxygen atoms in total. The number of ether oxygens (including phenoxy) is 1. The maximum Gasteiger partial charge on any atom is 0.257 e. The molecular formula is C13H16F5NO2. The molecular weight excluding hydrogens is 297 g/mol. The van der Waals surface area contributed by atoms with Gasteiger partial charge in [0.15, 0.2) is 23.3 Å². The first-order valence-corrected chi connectivity index (χ1v) is 5.72. The molecule has 0 fully saturated rings. The van der Waals surface area contributed by atoms with E-state index in [4.69, 9.17) is 0 Å². The number of nitrogens with one attached hydrogen (secondary N) is 1. The third-order valence-corrected chi connectivity index (χ3v) is 1.93. The van der Waals surface area contributed by atoms with Crippen LogP contribution in [0.15, 0.2) is 0 Å². The number of rotatable bonds is 1. The highest BCUT2D eigenvalue weighted by molar-refractivity contribution is 5.95. The molecule has 120 valence electrons. The molecule has 0 unspecified atom stereocenters. The minimum absolute atomic E-state index is 0.878. The Morgan fingerprint density at radius 2 is 1.14 bits per heavy atom. The van der Waals surface area contributed by atoms with Crippen molar-refractivity contribution in [1.29, 1.82) is 0 Å². The van der Waals surface area contributed by atoms with Crippen LogP contribution in [0.25, 0.3) is 0 Å². The van der Waals surface area contributed by atoms with Crippen LogP contribution in [-0.2, 0) is 4.74 Å². The molecule has 0 heterocycles. The maximum atomic E-state index is 13.2. The summed E-state index contributed by atoms with van der Waals surface area (Å²) >= 11 is 0. The van der Waals surface area contributed by atoms with Gasteiger partial charge in [-0.1, -0.05) is 0 Å². The first kappa shape index (κ1) is 19.3. The molecule has 0 saturated carbocycles. The van der Waals surface area contributed by atoms with Crippen LogP contribution in [0.5, 0.6) is 0 Å². The Kier molecular flexibility index (Phi) is 6.75. The summed E-state index contributed by atoms with van der Waals surface area (Å²) in [5.41, 5.74) is -2.36. The number of benzene rings is 1. The second-order valence-corrected chi connectivity index (χ2v) is 5.06. The molecule has 0 aliphatic carbocycles. The number of hydrogen-bond acceptors (Lipinski definition) is 2. The van der Waals surface area contributed by atoms with Crippen LogP contribution in [0, 0.1) is 29.1 Å². The topological polar surface area (TPSA) is 38.3 Å². The van der Waals surface area contributed by atoms with E-state index in [1.807, 2.05) is 0 Å². The van der Waals surface area contributed by atoms with Gasteiger partial charge in [0.25, 0.3) is 5.91 Å². The Bertz CT molecular complexity index is 497. The molecule has 1 aromatic rings. The van der Waals surface area contributed by atoms with E-state index in [2.05, 4.69) is 10.1 Å². The first-order chi connectivity index (χ1) is 9.47. The van der Waals surface area contributed by atoms with E-state index in [0.717, 1.165) is 0 Å². The van der Waals surface area contributed by atoms with Gasteiger partial charge in [-0.15, -0.1) is 0 Å². The highest BCUT2D eigenvalue weighted by atomic mass is 19.2. The number of methoxy groups -OCH3 is 1. The summed E-state index contributed by atoms with van der Waals surface area (Å²) in [6.45, 7) is 4.49. The van der Waals surface area contributed by atoms with Crippen molar-refractivity contribution in [3.63, 3.8) is 0 Å². The Morgan fingerprint density at radius 1 is 0.857 bits per heavy atom. The number of amides is 1. The minimum Gasteiger partial charge on any atom is -0.388 e. The SMILES string of the molecule is CC(C)(C)NC(=O)c1c(F)c(F)c(F)c(F)c1F.COC. The molecule has 0 bridgehead atoms. The number of carbonyl (C=O) groups is 1. The van der Waals surface area contributed by atoms with Crippen molar-refractivity contribution in [1.82, 2.24) is 5.32 Å². The number of carbonyl (C=O) groups excluding carboxylic acids is 1. The zero-order valence-corrected chi connectivity index (χ0v) is 12.2. The van der Waals surface area contributed by atoms with Crippen molar-refractivity contribution in [2.24, 2.45) is 0 Å². The number of halogens is 5. The van der Waals surface area contributed by atoms with Gasteiger partial charge in [-0.2, -0.15) is 0 Å². The van der Waals surface area contributed by atoms with Crippen LogP contribution in [-0.4, -0.2) is 25.7 Å². The van der Waals surface area contributed by atoms with Crippen LogP contribution >= 0.6 is 0 Å². The van der Waals surface area contributed by atoms with Crippen LogP contribution < -0.4 is 5.32 Å². The van der Waals surface area contributed by atoms with Crippen molar-refractivity contribution in [3.05, 3.63) is 34.6 Å². The highest BCUT2D eigenvalue weighted by Crippen LogP contribution is 2.23. The largest absolute Gasteiger partial charge is 0.388 e. The lowest BCUT2D eigenvalue weighted by molar-refractivity contribution is 0.0907. The van der Waals surface area contributed by atoms with Gasteiger partial charge in [0.05, 0.1) is 0 Å². The second kappa shape index (κ2) is 7.35. The predicted octanol–water partition coefficient (Wildman–Crippen LogP) is 3.17. The van der Waals surface area contributed by atoms with E-state index in [1.54, 1.807) is 14.2 Å². The van der Waals surface area contributed by atoms with E-state index in [9.17, 15) is 26.7 Å². The fraction of sp³-hybridized carbons (Fsp3) is 0.462. The fourth-order valence-corrected chi connectivity index (χ4v) is 1.21. The molecule has 1 aromatic carbocycles. The molecule has 0 spiro atoms. The average molecular weight is 313 g/mol. The lowest BCUT2D eigenvalue weighted by Gasteiger charge is -2.21. The normalized spacial score (nSPS) is 10.8. The van der Waals surface area contributed by atoms with Gasteiger partial charge in [0, 0.05) is 19.8 Å². The molecule has 1 rings (SSSR count). The Hall–Kier alpha value is -1.70. The molecule has 0 aliphatic rings. The van der Waals surface area contributed by atoms with E-state index in [1.165, 1.54) is 20.8 Å². The zero-order chi connectivity index (χ0) is 17.0. The summed E-state index contributed by atoms with van der Waals surface area (Å²) in [4.78, 5) is 11.5. The van der Waals surface area contributed by atoms with Crippen molar-refractivity contribution < 1.29 is 31.5 Å². The van der Waals surface area contributed by atoms with Gasteiger partial charge in [0.1, 0.15) is 5.56 Å². The van der Waals surface area contributed by atoms with Crippen molar-refractivity contribution in [3.8, 4) is 0 Å². The lowest BCUT2D eigenvalue weighted by atomic mass is 10.1. The molecule has 21 heavy (non-hydrogen) atoms. The van der Waals surface area contributed by atoms with Gasteiger partial charge in [-0.25, -0.2) is 22.0 Å². The van der Waals surface area contributed by atoms with E-state index in [-0.39, 0.29) is 0 Å². The second-order valence-electron chi connectivity index (χ2n) is 5.06. The quantitative estimate of drug-likeness (QED) is 0.491. The van der Waals surface area contributed by atoms with Gasteiger partial charge >= 0.3 is 0 Å². The third kappa shape index (κ3) is 4.96. The monoisotopic (exact) mass is 313 g/mol. The van der Waals surface area contributed by atoms with Gasteiger partial charge in [0.2, 0.25) is 5.82 Å². The van der Waals surface area contributed by atoms with Gasteiger partial charge in [-0.3, -0.25) is 4.79 Å². The molecule has 0 aliphatic heterocycles. The van der Waals surface area contributed by atoms with Crippen LogP contribution in [0.1, 0.15) is 31.1 Å². The summed E-state index contributed by atoms with van der Waals surface area (Å²) in [5.74, 6) is -12.2. The van der Waals surface area contributed by atoms with Gasteiger partial charge < -0.3 is 10.1 Å². The Balaban J connectivity index is 0.00000122. The summed E-state index contributed by atoms with van der Waals surface area (Å²) in [6, 6.07) is 0. The Morgan fingerprint density at radius 3 is 1.43 bits per heavy atom. The molecule has 0 atom stereocenters. The fourth-order valence-electron chi connectivity index (χ4n) is 1.21. The van der Waals surface area contributed by atoms with Crippen molar-refractivity contribution in [2.75, 3.05) is 14.2 Å². The minimum atomic E-state index is -2.29. The van der Waals surface area contributed by atoms with Crippen molar-refractivity contribution in [2.45, 2.75) is 26.3 Å². The smallest absolute Gasteiger partial charge is 0.257 e. The summed E-state index contributed by atoms with van der Waals surface area (Å²) in [6.07, 6.45) is 0. The third-order valence-electron chi connectivity index (χ3n) is 1.93. The molecule has 1 amide bonds. The van der Waals surface area contributed by atoms with E-state index in [0.29, 0.717) is 0 Å². The van der Waals surface area contributed by atoms with E-state index < -0.39 is 46.1 Å². The molecule has 8 heteroatoms. The van der Waals surface area contributed by atoms with Gasteiger partial charge in [-0.05, 0) is 20.8 Å². The van der Waals surface area contributed by atoms with Crippen LogP contribution in [0.4, 0.5) is 22.0 Å². The molecule has 1 N–H and O–H groups in total. The molecule has 0 aromatic heterocycles. The molecule has 0 saturated heterocycles. The maximum absolute atomic E-state index is 13.2. The number of hydrogen-bond donors (Lipinski definition) is 1. The van der Waals surface area contributed by atoms with Crippen LogP contribution in [0.3, 0.4) is 0 Å². The summed E-state index contributed by atoms with van der Waals surface area (Å²) in [7, 11) is 3.25. The zero-order valence-electron chi connectivity index (χ0n) is 12.2. The standard InChI is InChI=1S/C11H10F5NO.C2H6O/c1-11(2,3)17-10(18)4-5(12)7(14)9(16)8(15)6(4)13;1-3-2/h1-3H3,(H,17,18);1-2H3. The molecule has 0 radical (unpaired) electrons. The van der Waals surface area contributed by atoms with Crippen LogP contribution in [0.2, 0.25) is 0 Å². The van der Waals surface area contributed by atoms with E-state index >= 15 is 0 Å². The highest BCUT2D eigenvalue weighted by Gasteiger charge is 2.30. The summed E-state index contributed by atoms with van der Waals surface area (Å²) < 4.78 is 69.2. The van der Waals surface area contributed by atoms with Crippen molar-refractivity contribution >= 4 is 5.91 Å². The first-order valence-electron chi connectivity index (χ1n) is 5.72. The summed E-state index contributed by atoms with van der Waals surface area (Å²) in [5, 5.41) is 2.12. The Labute approximate surface area is 119 Å². The lowest BCUT2D eigenvalue weighted by Crippen LogP contribution is -2.41. The predicted molar refractivity (Wildman–Crippen MR) is 66.4 cm³/mol. The average Bonchev–Trinajstić information content (AvgIpc) is 2.33.